The third-order valence-electron chi connectivity index (χ3n) is 3.32. The van der Waals surface area contributed by atoms with Crippen molar-refractivity contribution in [1.82, 2.24) is 0 Å². The molecule has 0 spiro atoms. The molecule has 0 aromatic heterocycles. The lowest BCUT2D eigenvalue weighted by Gasteiger charge is -2.15. The fraction of sp³-hybridized carbons (Fsp3) is 0.278. The highest BCUT2D eigenvalue weighted by Crippen LogP contribution is 2.35. The van der Waals surface area contributed by atoms with Gasteiger partial charge in [-0.3, -0.25) is 4.79 Å². The van der Waals surface area contributed by atoms with Gasteiger partial charge >= 0.3 is 6.18 Å². The molecule has 0 unspecified atom stereocenters. The summed E-state index contributed by atoms with van der Waals surface area (Å²) in [6.07, 6.45) is -3.95. The molecule has 0 atom stereocenters. The van der Waals surface area contributed by atoms with Gasteiger partial charge in [0.1, 0.15) is 11.6 Å². The van der Waals surface area contributed by atoms with E-state index in [-0.39, 0.29) is 17.9 Å². The largest absolute Gasteiger partial charge is 0.491 e. The summed E-state index contributed by atoms with van der Waals surface area (Å²) in [6, 6.07) is 8.23. The zero-order chi connectivity index (χ0) is 18.4. The molecule has 7 heteroatoms. The van der Waals surface area contributed by atoms with Crippen LogP contribution in [0.1, 0.15) is 24.5 Å². The maximum absolute atomic E-state index is 12.9. The highest BCUT2D eigenvalue weighted by Gasteiger charge is 2.31. The summed E-state index contributed by atoms with van der Waals surface area (Å²) < 4.78 is 56.9. The van der Waals surface area contributed by atoms with Crippen molar-refractivity contribution in [3.8, 4) is 5.75 Å². The molecule has 0 saturated carbocycles. The maximum Gasteiger partial charge on any atom is 0.416 e. The van der Waals surface area contributed by atoms with Gasteiger partial charge < -0.3 is 10.1 Å². The van der Waals surface area contributed by atoms with Gasteiger partial charge in [0, 0.05) is 0 Å². The zero-order valence-corrected chi connectivity index (χ0v) is 13.5. The van der Waals surface area contributed by atoms with Crippen LogP contribution >= 0.6 is 0 Å². The second-order valence-corrected chi connectivity index (χ2v) is 5.41. The molecule has 0 bridgehead atoms. The van der Waals surface area contributed by atoms with Crippen LogP contribution in [0.4, 0.5) is 23.2 Å². The van der Waals surface area contributed by atoms with E-state index in [2.05, 4.69) is 5.32 Å². The number of amides is 1. The summed E-state index contributed by atoms with van der Waals surface area (Å²) in [5, 5.41) is 2.44. The zero-order valence-electron chi connectivity index (χ0n) is 13.5. The smallest absolute Gasteiger partial charge is 0.416 e. The van der Waals surface area contributed by atoms with Crippen molar-refractivity contribution >= 4 is 11.6 Å². The average molecular weight is 355 g/mol. The van der Waals surface area contributed by atoms with Gasteiger partial charge in [0.05, 0.1) is 24.3 Å². The van der Waals surface area contributed by atoms with E-state index < -0.39 is 23.5 Å². The number of rotatable bonds is 6. The van der Waals surface area contributed by atoms with Crippen LogP contribution in [0.2, 0.25) is 0 Å². The Hall–Kier alpha value is -2.57. The number of halogens is 4. The second-order valence-electron chi connectivity index (χ2n) is 5.41. The van der Waals surface area contributed by atoms with Crippen molar-refractivity contribution in [3.63, 3.8) is 0 Å². The number of hydrogen-bond acceptors (Lipinski definition) is 2. The first-order valence-electron chi connectivity index (χ1n) is 7.68. The van der Waals surface area contributed by atoms with Gasteiger partial charge in [-0.2, -0.15) is 13.2 Å². The number of benzene rings is 2. The van der Waals surface area contributed by atoms with Crippen LogP contribution in [0.25, 0.3) is 0 Å². The van der Waals surface area contributed by atoms with E-state index in [1.54, 1.807) is 0 Å². The monoisotopic (exact) mass is 355 g/mol. The number of anilines is 1. The van der Waals surface area contributed by atoms with Gasteiger partial charge in [-0.05, 0) is 42.3 Å². The summed E-state index contributed by atoms with van der Waals surface area (Å²) in [4.78, 5) is 12.1. The Bertz CT molecular complexity index is 727. The van der Waals surface area contributed by atoms with Crippen molar-refractivity contribution in [1.29, 1.82) is 0 Å². The molecule has 0 saturated heterocycles. The summed E-state index contributed by atoms with van der Waals surface area (Å²) >= 11 is 0. The van der Waals surface area contributed by atoms with E-state index in [4.69, 9.17) is 4.74 Å². The molecule has 3 nitrogen and oxygen atoms in total. The van der Waals surface area contributed by atoms with E-state index >= 15 is 0 Å². The first kappa shape index (κ1) is 18.8. The van der Waals surface area contributed by atoms with Crippen LogP contribution in [0.3, 0.4) is 0 Å². The molecule has 25 heavy (non-hydrogen) atoms. The highest BCUT2D eigenvalue weighted by atomic mass is 19.4. The lowest BCUT2D eigenvalue weighted by Crippen LogP contribution is -2.16. The molecule has 0 aliphatic rings. The summed E-state index contributed by atoms with van der Waals surface area (Å²) in [6.45, 7) is 2.17. The number of carbonyl (C=O) groups is 1. The molecular weight excluding hydrogens is 338 g/mol. The van der Waals surface area contributed by atoms with E-state index in [1.165, 1.54) is 30.3 Å². The SMILES string of the molecule is CCCOc1ccc(C(F)(F)F)cc1NC(=O)Cc1ccc(F)cc1. The van der Waals surface area contributed by atoms with Crippen LogP contribution in [0.5, 0.6) is 5.75 Å². The molecule has 0 heterocycles. The molecule has 1 amide bonds. The standard InChI is InChI=1S/C18H17F4NO2/c1-2-9-25-16-8-5-13(18(20,21)22)11-15(16)23-17(24)10-12-3-6-14(19)7-4-12/h3-8,11H,2,9-10H2,1H3,(H,23,24). The van der Waals surface area contributed by atoms with Crippen molar-refractivity contribution in [3.05, 3.63) is 59.4 Å². The fourth-order valence-corrected chi connectivity index (χ4v) is 2.12. The van der Waals surface area contributed by atoms with Crippen LogP contribution in [0.15, 0.2) is 42.5 Å². The summed E-state index contributed by atoms with van der Waals surface area (Å²) in [5.41, 5.74) is -0.384. The molecular formula is C18H17F4NO2. The minimum atomic E-state index is -4.53. The third-order valence-corrected chi connectivity index (χ3v) is 3.32. The van der Waals surface area contributed by atoms with Crippen molar-refractivity contribution in [2.75, 3.05) is 11.9 Å². The van der Waals surface area contributed by atoms with Crippen LogP contribution in [0, 0.1) is 5.82 Å². The Labute approximate surface area is 142 Å². The topological polar surface area (TPSA) is 38.3 Å². The van der Waals surface area contributed by atoms with E-state index in [9.17, 15) is 22.4 Å². The minimum absolute atomic E-state index is 0.0459. The Kier molecular flexibility index (Phi) is 6.01. The number of nitrogens with one attached hydrogen (secondary N) is 1. The van der Waals surface area contributed by atoms with Gasteiger partial charge in [-0.15, -0.1) is 0 Å². The molecule has 1 N–H and O–H groups in total. The predicted octanol–water partition coefficient (Wildman–Crippen LogP) is 4.81. The summed E-state index contributed by atoms with van der Waals surface area (Å²) in [5.74, 6) is -0.785. The van der Waals surface area contributed by atoms with Crippen LogP contribution in [-0.4, -0.2) is 12.5 Å². The first-order valence-corrected chi connectivity index (χ1v) is 7.68. The Balaban J connectivity index is 2.19. The molecule has 0 fully saturated rings. The maximum atomic E-state index is 12.9. The molecule has 0 aliphatic heterocycles. The van der Waals surface area contributed by atoms with E-state index in [0.717, 1.165) is 12.1 Å². The number of carbonyl (C=O) groups excluding carboxylic acids is 1. The molecule has 2 aromatic rings. The van der Waals surface area contributed by atoms with E-state index in [1.807, 2.05) is 6.92 Å². The lowest BCUT2D eigenvalue weighted by atomic mass is 10.1. The van der Waals surface area contributed by atoms with Gasteiger partial charge in [-0.25, -0.2) is 4.39 Å². The van der Waals surface area contributed by atoms with Crippen molar-refractivity contribution in [2.24, 2.45) is 0 Å². The second kappa shape index (κ2) is 8.00. The molecule has 134 valence electrons. The molecule has 2 rings (SSSR count). The quantitative estimate of drug-likeness (QED) is 0.755. The van der Waals surface area contributed by atoms with Crippen LogP contribution in [-0.2, 0) is 17.4 Å². The Morgan fingerprint density at radius 1 is 1.12 bits per heavy atom. The van der Waals surface area contributed by atoms with Crippen molar-refractivity contribution in [2.45, 2.75) is 25.9 Å². The average Bonchev–Trinajstić information content (AvgIpc) is 2.55. The highest BCUT2D eigenvalue weighted by molar-refractivity contribution is 5.93. The van der Waals surface area contributed by atoms with Crippen molar-refractivity contribution < 1.29 is 27.1 Å². The lowest BCUT2D eigenvalue weighted by molar-refractivity contribution is -0.137. The van der Waals surface area contributed by atoms with Gasteiger partial charge in [-0.1, -0.05) is 19.1 Å². The number of alkyl halides is 3. The molecule has 0 aliphatic carbocycles. The Morgan fingerprint density at radius 3 is 2.40 bits per heavy atom. The number of ether oxygens (including phenoxy) is 1. The number of hydrogen-bond donors (Lipinski definition) is 1. The molecule has 0 radical (unpaired) electrons. The van der Waals surface area contributed by atoms with Gasteiger partial charge in [0.2, 0.25) is 5.91 Å². The minimum Gasteiger partial charge on any atom is -0.491 e. The Morgan fingerprint density at radius 2 is 1.80 bits per heavy atom. The van der Waals surface area contributed by atoms with Gasteiger partial charge in [0.15, 0.2) is 0 Å². The van der Waals surface area contributed by atoms with E-state index in [0.29, 0.717) is 18.6 Å². The predicted molar refractivity (Wildman–Crippen MR) is 86.0 cm³/mol. The first-order chi connectivity index (χ1) is 11.8. The molecule has 2 aromatic carbocycles. The fourth-order valence-electron chi connectivity index (χ4n) is 2.12. The normalized spacial score (nSPS) is 11.2. The van der Waals surface area contributed by atoms with Crippen LogP contribution < -0.4 is 10.1 Å². The summed E-state index contributed by atoms with van der Waals surface area (Å²) in [7, 11) is 0. The third kappa shape index (κ3) is 5.48. The van der Waals surface area contributed by atoms with Gasteiger partial charge in [0.25, 0.3) is 0 Å².